The van der Waals surface area contributed by atoms with Crippen LogP contribution in [0.15, 0.2) is 0 Å². The summed E-state index contributed by atoms with van der Waals surface area (Å²) in [5, 5.41) is 1.05. The number of rotatable bonds is 10. The van der Waals surface area contributed by atoms with Crippen molar-refractivity contribution in [2.24, 2.45) is 10.8 Å². The van der Waals surface area contributed by atoms with E-state index in [2.05, 4.69) is 95.6 Å². The molecule has 0 spiro atoms. The molecule has 0 aromatic heterocycles. The highest BCUT2D eigenvalue weighted by molar-refractivity contribution is 9.26. The van der Waals surface area contributed by atoms with Gasteiger partial charge in [0.15, 0.2) is 0 Å². The number of hydrogen-bond acceptors (Lipinski definition) is 2. The molecule has 0 fully saturated rings. The van der Waals surface area contributed by atoms with Crippen molar-refractivity contribution in [2.75, 3.05) is 16.5 Å². The predicted octanol–water partition coefficient (Wildman–Crippen LogP) is 7.28. The molecule has 0 aliphatic carbocycles. The molecule has 0 bridgehead atoms. The first-order chi connectivity index (χ1) is 10.9. The molecule has 0 aromatic rings. The summed E-state index contributed by atoms with van der Waals surface area (Å²) >= 11 is 27.8. The lowest BCUT2D eigenvalue weighted by molar-refractivity contribution is -0.0275. The first-order valence-electron chi connectivity index (χ1n) is 7.09. The van der Waals surface area contributed by atoms with Crippen molar-refractivity contribution >= 4 is 115 Å². The zero-order chi connectivity index (χ0) is 20.5. The van der Waals surface area contributed by atoms with E-state index in [-0.39, 0.29) is 12.3 Å². The van der Waals surface area contributed by atoms with Crippen molar-refractivity contribution < 1.29 is 18.9 Å². The summed E-state index contributed by atoms with van der Waals surface area (Å²) in [7, 11) is -4.88. The number of hydrogen-bond donors (Lipinski definition) is 2. The quantitative estimate of drug-likeness (QED) is 0.181. The Hall–Kier alpha value is 3.28. The largest absolute Gasteiger partial charge is 0.470 e. The van der Waals surface area contributed by atoms with Crippen LogP contribution in [0.1, 0.15) is 34.1 Å². The molecule has 0 rings (SSSR count). The Morgan fingerprint density at radius 2 is 1.24 bits per heavy atom. The summed E-state index contributed by atoms with van der Waals surface area (Å²) in [6.07, 6.45) is 0.138. The minimum Gasteiger partial charge on any atom is -0.303 e. The lowest BCUT2D eigenvalue weighted by Gasteiger charge is -2.59. The summed E-state index contributed by atoms with van der Waals surface area (Å²) in [5.41, 5.74) is -2.57. The van der Waals surface area contributed by atoms with E-state index in [0.717, 1.165) is 0 Å². The van der Waals surface area contributed by atoms with Gasteiger partial charge in [0.1, 0.15) is 12.1 Å². The Labute approximate surface area is 205 Å². The summed E-state index contributed by atoms with van der Waals surface area (Å²) in [4.78, 5) is 19.4. The van der Waals surface area contributed by atoms with Crippen LogP contribution in [0.5, 0.6) is 0 Å². The van der Waals surface area contributed by atoms with Crippen LogP contribution in [0.4, 0.5) is 0 Å². The van der Waals surface area contributed by atoms with Gasteiger partial charge in [0.25, 0.3) is 0 Å². The fraction of sp³-hybridized carbons (Fsp3) is 1.00. The molecule has 0 aliphatic heterocycles. The first kappa shape index (κ1) is 28.3. The molecular weight excluding hydrogens is 766 g/mol. The van der Waals surface area contributed by atoms with Crippen molar-refractivity contribution in [2.45, 2.75) is 46.2 Å². The zero-order valence-corrected chi connectivity index (χ0v) is 25.3. The van der Waals surface area contributed by atoms with Crippen LogP contribution in [0, 0.1) is 10.8 Å². The van der Waals surface area contributed by atoms with Gasteiger partial charge < -0.3 is 9.79 Å². The van der Waals surface area contributed by atoms with Crippen LogP contribution in [-0.2, 0) is 9.09 Å². The van der Waals surface area contributed by atoms with Crippen LogP contribution in [0.2, 0.25) is 0 Å². The average molecular weight is 788 g/mol. The molecule has 4 nitrogen and oxygen atoms in total. The summed E-state index contributed by atoms with van der Waals surface area (Å²) in [5.74, 6) is 0.120. The summed E-state index contributed by atoms with van der Waals surface area (Å²) in [6, 6.07) is 0. The standard InChI is InChI=1S/C13H22Br6ClO4P/c1-9(2,7-14)12(16,17)11(5-6-20,24-25(21,22)23)13(18,19)10(3,4)8-15/h5-8H2,1-4H3,(H2,21,22,23). The lowest BCUT2D eigenvalue weighted by Crippen LogP contribution is -2.68. The highest BCUT2D eigenvalue weighted by Crippen LogP contribution is 2.69. The van der Waals surface area contributed by atoms with Crippen LogP contribution >= 0.6 is 115 Å². The van der Waals surface area contributed by atoms with E-state index < -0.39 is 30.7 Å². The Kier molecular flexibility index (Phi) is 10.9. The third-order valence-corrected chi connectivity index (χ3v) is 14.5. The zero-order valence-electron chi connectivity index (χ0n) is 14.1. The monoisotopic (exact) mass is 782 g/mol. The predicted molar refractivity (Wildman–Crippen MR) is 128 cm³/mol. The van der Waals surface area contributed by atoms with E-state index in [1.807, 2.05) is 27.7 Å². The van der Waals surface area contributed by atoms with Gasteiger partial charge in [0, 0.05) is 27.4 Å². The van der Waals surface area contributed by atoms with Gasteiger partial charge in [0.2, 0.25) is 0 Å². The Bertz CT molecular complexity index is 481. The van der Waals surface area contributed by atoms with Gasteiger partial charge in [-0.2, -0.15) is 0 Å². The highest BCUT2D eigenvalue weighted by Gasteiger charge is 2.70. The third kappa shape index (κ3) is 5.71. The van der Waals surface area contributed by atoms with Gasteiger partial charge in [0.05, 0.1) is 0 Å². The fourth-order valence-electron chi connectivity index (χ4n) is 2.27. The molecule has 12 heteroatoms. The molecule has 0 saturated carbocycles. The second kappa shape index (κ2) is 9.61. The Morgan fingerprint density at radius 3 is 1.44 bits per heavy atom. The van der Waals surface area contributed by atoms with Gasteiger partial charge in [-0.1, -0.05) is 123 Å². The van der Waals surface area contributed by atoms with E-state index in [0.29, 0.717) is 10.7 Å². The molecule has 0 heterocycles. The fourth-order valence-corrected chi connectivity index (χ4v) is 10.1. The maximum atomic E-state index is 12.0. The highest BCUT2D eigenvalue weighted by atomic mass is 79.9. The van der Waals surface area contributed by atoms with Crippen LogP contribution in [0.25, 0.3) is 0 Å². The van der Waals surface area contributed by atoms with Crippen molar-refractivity contribution in [3.05, 3.63) is 0 Å². The third-order valence-electron chi connectivity index (χ3n) is 4.10. The SMILES string of the molecule is CC(C)(CBr)C(Br)(Br)C(CCCl)(OP(=O)(O)O)C(Br)(Br)C(C)(C)CBr. The number of alkyl halides is 7. The van der Waals surface area contributed by atoms with Crippen LogP contribution < -0.4 is 0 Å². The molecule has 2 N–H and O–H groups in total. The van der Waals surface area contributed by atoms with Crippen molar-refractivity contribution in [3.63, 3.8) is 0 Å². The van der Waals surface area contributed by atoms with E-state index in [1.165, 1.54) is 0 Å². The van der Waals surface area contributed by atoms with Gasteiger partial charge in [-0.15, -0.1) is 11.6 Å². The molecule has 0 aromatic carbocycles. The topological polar surface area (TPSA) is 66.8 Å². The van der Waals surface area contributed by atoms with Gasteiger partial charge in [-0.25, -0.2) is 4.57 Å². The molecule has 0 atom stereocenters. The van der Waals surface area contributed by atoms with Crippen LogP contribution in [0.3, 0.4) is 0 Å². The van der Waals surface area contributed by atoms with Gasteiger partial charge in [-0.3, -0.25) is 4.52 Å². The molecular formula is C13H22Br6ClO4P. The molecule has 25 heavy (non-hydrogen) atoms. The second-order valence-electron chi connectivity index (χ2n) is 7.03. The summed E-state index contributed by atoms with van der Waals surface area (Å²) in [6.45, 7) is 7.76. The first-order valence-corrected chi connectivity index (χ1v) is 14.6. The maximum Gasteiger partial charge on any atom is 0.470 e. The molecule has 152 valence electrons. The number of halogens is 7. The molecule has 0 aliphatic rings. The number of phosphoric acid groups is 1. The van der Waals surface area contributed by atoms with E-state index >= 15 is 0 Å². The van der Waals surface area contributed by atoms with E-state index in [1.54, 1.807) is 0 Å². The van der Waals surface area contributed by atoms with Crippen LogP contribution in [-0.4, -0.2) is 38.4 Å². The molecule has 0 saturated heterocycles. The van der Waals surface area contributed by atoms with Crippen molar-refractivity contribution in [1.29, 1.82) is 0 Å². The van der Waals surface area contributed by atoms with E-state index in [9.17, 15) is 14.4 Å². The average Bonchev–Trinajstić information content (AvgIpc) is 2.44. The van der Waals surface area contributed by atoms with Crippen molar-refractivity contribution in [1.82, 2.24) is 0 Å². The number of phosphoric ester groups is 1. The Morgan fingerprint density at radius 1 is 0.920 bits per heavy atom. The lowest BCUT2D eigenvalue weighted by atomic mass is 9.72. The summed E-state index contributed by atoms with van der Waals surface area (Å²) < 4.78 is 15.3. The Balaban J connectivity index is 6.92. The molecule has 0 unspecified atom stereocenters. The second-order valence-corrected chi connectivity index (χ2v) is 16.6. The normalized spacial score (nSPS) is 15.6. The molecule has 0 radical (unpaired) electrons. The van der Waals surface area contributed by atoms with Gasteiger partial charge in [-0.05, 0) is 6.42 Å². The molecule has 0 amide bonds. The minimum atomic E-state index is -4.88. The smallest absolute Gasteiger partial charge is 0.303 e. The minimum absolute atomic E-state index is 0.120. The van der Waals surface area contributed by atoms with Crippen molar-refractivity contribution in [3.8, 4) is 0 Å². The van der Waals surface area contributed by atoms with E-state index in [4.69, 9.17) is 16.1 Å². The van der Waals surface area contributed by atoms with Gasteiger partial charge >= 0.3 is 7.82 Å². The maximum absolute atomic E-state index is 12.0.